The number of nitrogens with zero attached hydrogens (tertiary/aromatic N) is 4. The lowest BCUT2D eigenvalue weighted by Gasteiger charge is -2.05. The average molecular weight is 424 g/mol. The standard InChI is InChI=1S/C19H14BrN5S/c20-16-11-22-25(12-16)18-9-5-4-8-15(18)10-21-24-19-23-17(13-26-19)14-6-2-1-3-7-14/h1-13H,(H,23,24). The molecule has 0 atom stereocenters. The molecule has 0 saturated heterocycles. The molecule has 1 N–H and O–H groups in total. The average Bonchev–Trinajstić information content (AvgIpc) is 3.32. The van der Waals surface area contributed by atoms with Gasteiger partial charge in [0.05, 0.1) is 28.3 Å². The number of hydrogen-bond acceptors (Lipinski definition) is 5. The summed E-state index contributed by atoms with van der Waals surface area (Å²) in [4.78, 5) is 4.57. The van der Waals surface area contributed by atoms with E-state index in [2.05, 4.69) is 36.5 Å². The molecule has 2 aromatic heterocycles. The van der Waals surface area contributed by atoms with Gasteiger partial charge in [0.15, 0.2) is 0 Å². The summed E-state index contributed by atoms with van der Waals surface area (Å²) in [6.07, 6.45) is 5.44. The zero-order valence-corrected chi connectivity index (χ0v) is 16.0. The van der Waals surface area contributed by atoms with E-state index < -0.39 is 0 Å². The summed E-state index contributed by atoms with van der Waals surface area (Å²) in [5.74, 6) is 0. The molecule has 0 aliphatic carbocycles. The van der Waals surface area contributed by atoms with Crippen molar-refractivity contribution in [3.05, 3.63) is 82.4 Å². The molecule has 7 heteroatoms. The number of hydrogen-bond donors (Lipinski definition) is 1. The van der Waals surface area contributed by atoms with E-state index in [1.54, 1.807) is 12.4 Å². The fourth-order valence-electron chi connectivity index (χ4n) is 2.46. The first-order valence-corrected chi connectivity index (χ1v) is 9.56. The molecular formula is C19H14BrN5S. The summed E-state index contributed by atoms with van der Waals surface area (Å²) in [5.41, 5.74) is 6.94. The lowest BCUT2D eigenvalue weighted by atomic mass is 10.2. The first-order chi connectivity index (χ1) is 12.8. The lowest BCUT2D eigenvalue weighted by molar-refractivity contribution is 0.879. The SMILES string of the molecule is Brc1cnn(-c2ccccc2C=NNc2nc(-c3ccccc3)cs2)c1. The minimum Gasteiger partial charge on any atom is -0.253 e. The molecule has 0 radical (unpaired) electrons. The van der Waals surface area contributed by atoms with Crippen molar-refractivity contribution < 1.29 is 0 Å². The van der Waals surface area contributed by atoms with Gasteiger partial charge in [-0.1, -0.05) is 48.5 Å². The number of rotatable bonds is 5. The van der Waals surface area contributed by atoms with Crippen molar-refractivity contribution in [1.82, 2.24) is 14.8 Å². The molecule has 0 saturated carbocycles. The number of hydrazone groups is 1. The van der Waals surface area contributed by atoms with Crippen LogP contribution in [0.5, 0.6) is 0 Å². The lowest BCUT2D eigenvalue weighted by Crippen LogP contribution is -2.00. The number of para-hydroxylation sites is 1. The second kappa shape index (κ2) is 7.63. The Morgan fingerprint density at radius 2 is 1.88 bits per heavy atom. The van der Waals surface area contributed by atoms with Crippen LogP contribution >= 0.6 is 27.3 Å². The molecule has 128 valence electrons. The summed E-state index contributed by atoms with van der Waals surface area (Å²) in [6, 6.07) is 18.0. The van der Waals surface area contributed by atoms with Gasteiger partial charge in [-0.25, -0.2) is 9.67 Å². The van der Waals surface area contributed by atoms with E-state index in [1.165, 1.54) is 11.3 Å². The highest BCUT2D eigenvalue weighted by molar-refractivity contribution is 9.10. The van der Waals surface area contributed by atoms with Gasteiger partial charge in [-0.3, -0.25) is 5.43 Å². The molecular weight excluding hydrogens is 410 g/mol. The molecule has 0 unspecified atom stereocenters. The van der Waals surface area contributed by atoms with Gasteiger partial charge in [0.1, 0.15) is 0 Å². The van der Waals surface area contributed by atoms with Crippen LogP contribution in [0.15, 0.2) is 81.9 Å². The van der Waals surface area contributed by atoms with Gasteiger partial charge in [-0.2, -0.15) is 10.2 Å². The Bertz CT molecular complexity index is 1040. The highest BCUT2D eigenvalue weighted by Crippen LogP contribution is 2.24. The number of aromatic nitrogens is 3. The van der Waals surface area contributed by atoms with E-state index in [0.29, 0.717) is 0 Å². The van der Waals surface area contributed by atoms with Crippen LogP contribution in [-0.4, -0.2) is 21.0 Å². The topological polar surface area (TPSA) is 55.1 Å². The molecule has 0 bridgehead atoms. The number of thiazole rings is 1. The molecule has 0 aliphatic rings. The number of benzene rings is 2. The molecule has 4 rings (SSSR count). The van der Waals surface area contributed by atoms with Gasteiger partial charge in [0.2, 0.25) is 5.13 Å². The van der Waals surface area contributed by atoms with Crippen LogP contribution in [0.3, 0.4) is 0 Å². The summed E-state index contributed by atoms with van der Waals surface area (Å²) in [7, 11) is 0. The summed E-state index contributed by atoms with van der Waals surface area (Å²) < 4.78 is 2.74. The van der Waals surface area contributed by atoms with Crippen molar-refractivity contribution in [3.63, 3.8) is 0 Å². The van der Waals surface area contributed by atoms with Crippen LogP contribution in [0, 0.1) is 0 Å². The highest BCUT2D eigenvalue weighted by atomic mass is 79.9. The Labute approximate surface area is 163 Å². The molecule has 0 aliphatic heterocycles. The zero-order chi connectivity index (χ0) is 17.8. The van der Waals surface area contributed by atoms with Gasteiger partial charge >= 0.3 is 0 Å². The molecule has 4 aromatic rings. The predicted octanol–water partition coefficient (Wildman–Crippen LogP) is 5.20. The zero-order valence-electron chi connectivity index (χ0n) is 13.6. The fraction of sp³-hybridized carbons (Fsp3) is 0. The van der Waals surface area contributed by atoms with Gasteiger partial charge < -0.3 is 0 Å². The Balaban J connectivity index is 1.51. The van der Waals surface area contributed by atoms with E-state index >= 15 is 0 Å². The molecule has 0 amide bonds. The van der Waals surface area contributed by atoms with Crippen LogP contribution < -0.4 is 5.43 Å². The van der Waals surface area contributed by atoms with Gasteiger partial charge in [0.25, 0.3) is 0 Å². The van der Waals surface area contributed by atoms with Crippen molar-refractivity contribution in [2.45, 2.75) is 0 Å². The minimum atomic E-state index is 0.749. The molecule has 5 nitrogen and oxygen atoms in total. The predicted molar refractivity (Wildman–Crippen MR) is 110 cm³/mol. The Kier molecular flexibility index (Phi) is 4.90. The van der Waals surface area contributed by atoms with Crippen molar-refractivity contribution in [1.29, 1.82) is 0 Å². The number of anilines is 1. The molecule has 26 heavy (non-hydrogen) atoms. The second-order valence-electron chi connectivity index (χ2n) is 5.44. The van der Waals surface area contributed by atoms with Crippen LogP contribution in [0.1, 0.15) is 5.56 Å². The minimum absolute atomic E-state index is 0.749. The quantitative estimate of drug-likeness (QED) is 0.354. The smallest absolute Gasteiger partial charge is 0.203 e. The van der Waals surface area contributed by atoms with Crippen LogP contribution in [0.4, 0.5) is 5.13 Å². The third-order valence-corrected chi connectivity index (χ3v) is 4.83. The molecule has 2 heterocycles. The van der Waals surface area contributed by atoms with E-state index in [4.69, 9.17) is 0 Å². The van der Waals surface area contributed by atoms with Crippen molar-refractivity contribution in [3.8, 4) is 16.9 Å². The summed E-state index contributed by atoms with van der Waals surface area (Å²) in [5, 5.41) is 11.4. The highest BCUT2D eigenvalue weighted by Gasteiger charge is 2.05. The second-order valence-corrected chi connectivity index (χ2v) is 7.21. The van der Waals surface area contributed by atoms with E-state index in [-0.39, 0.29) is 0 Å². The number of halogens is 1. The van der Waals surface area contributed by atoms with Crippen molar-refractivity contribution in [2.75, 3.05) is 5.43 Å². The van der Waals surface area contributed by atoms with E-state index in [1.807, 2.05) is 70.9 Å². The van der Waals surface area contributed by atoms with Crippen LogP contribution in [0.2, 0.25) is 0 Å². The van der Waals surface area contributed by atoms with Crippen LogP contribution in [-0.2, 0) is 0 Å². The van der Waals surface area contributed by atoms with E-state index in [0.717, 1.165) is 32.1 Å². The number of nitrogens with one attached hydrogen (secondary N) is 1. The Morgan fingerprint density at radius 1 is 1.08 bits per heavy atom. The fourth-order valence-corrected chi connectivity index (χ4v) is 3.42. The monoisotopic (exact) mass is 423 g/mol. The molecule has 0 spiro atoms. The molecule has 0 fully saturated rings. The Morgan fingerprint density at radius 3 is 2.69 bits per heavy atom. The third kappa shape index (κ3) is 3.74. The Hall–Kier alpha value is -2.77. The normalized spacial score (nSPS) is 11.1. The molecule has 2 aromatic carbocycles. The third-order valence-electron chi connectivity index (χ3n) is 3.67. The van der Waals surface area contributed by atoms with Crippen LogP contribution in [0.25, 0.3) is 16.9 Å². The van der Waals surface area contributed by atoms with Gasteiger partial charge in [0, 0.05) is 22.7 Å². The van der Waals surface area contributed by atoms with Crippen molar-refractivity contribution >= 4 is 38.6 Å². The van der Waals surface area contributed by atoms with Gasteiger partial charge in [-0.15, -0.1) is 11.3 Å². The summed E-state index contributed by atoms with van der Waals surface area (Å²) in [6.45, 7) is 0. The van der Waals surface area contributed by atoms with E-state index in [9.17, 15) is 0 Å². The van der Waals surface area contributed by atoms with Gasteiger partial charge in [-0.05, 0) is 22.0 Å². The first kappa shape index (κ1) is 16.7. The maximum atomic E-state index is 4.57. The first-order valence-electron chi connectivity index (χ1n) is 7.89. The summed E-state index contributed by atoms with van der Waals surface area (Å²) >= 11 is 4.95. The van der Waals surface area contributed by atoms with Crippen molar-refractivity contribution in [2.24, 2.45) is 5.10 Å². The maximum Gasteiger partial charge on any atom is 0.203 e. The maximum absolute atomic E-state index is 4.57. The largest absolute Gasteiger partial charge is 0.253 e.